The molecule has 0 amide bonds. The Labute approximate surface area is 142 Å². The van der Waals surface area contributed by atoms with Crippen LogP contribution in [0.15, 0.2) is 30.3 Å². The number of carbonyl (C=O) groups is 2. The molecule has 0 saturated carbocycles. The Morgan fingerprint density at radius 2 is 1.79 bits per heavy atom. The summed E-state index contributed by atoms with van der Waals surface area (Å²) in [6.07, 6.45) is 4.41. The first-order valence-electron chi connectivity index (χ1n) is 8.55. The van der Waals surface area contributed by atoms with Crippen LogP contribution in [0.2, 0.25) is 0 Å². The van der Waals surface area contributed by atoms with Crippen molar-refractivity contribution < 1.29 is 19.4 Å². The maximum Gasteiger partial charge on any atom is 0.339 e. The molecule has 0 fully saturated rings. The highest BCUT2D eigenvalue weighted by Gasteiger charge is 2.21. The lowest BCUT2D eigenvalue weighted by molar-refractivity contribution is 0.0501. The molecule has 0 aliphatic rings. The second kappa shape index (κ2) is 8.48. The fourth-order valence-corrected chi connectivity index (χ4v) is 2.79. The largest absolute Gasteiger partial charge is 0.478 e. The molecule has 4 nitrogen and oxygen atoms in total. The van der Waals surface area contributed by atoms with Gasteiger partial charge in [-0.25, -0.2) is 9.59 Å². The average molecular weight is 328 g/mol. The summed E-state index contributed by atoms with van der Waals surface area (Å²) in [6, 6.07) is 8.87. The van der Waals surface area contributed by atoms with E-state index in [4.69, 9.17) is 4.74 Å². The maximum absolute atomic E-state index is 12.7. The van der Waals surface area contributed by atoms with Gasteiger partial charge in [0, 0.05) is 5.39 Å². The average Bonchev–Trinajstić information content (AvgIpc) is 2.58. The van der Waals surface area contributed by atoms with E-state index in [9.17, 15) is 14.7 Å². The van der Waals surface area contributed by atoms with Crippen molar-refractivity contribution in [2.24, 2.45) is 0 Å². The number of esters is 1. The molecule has 0 heterocycles. The van der Waals surface area contributed by atoms with Gasteiger partial charge < -0.3 is 9.84 Å². The second-order valence-corrected chi connectivity index (χ2v) is 5.90. The van der Waals surface area contributed by atoms with Crippen LogP contribution in [0, 0.1) is 0 Å². The maximum atomic E-state index is 12.7. The summed E-state index contributed by atoms with van der Waals surface area (Å²) < 4.78 is 5.40. The van der Waals surface area contributed by atoms with Gasteiger partial charge in [0.25, 0.3) is 0 Å². The van der Waals surface area contributed by atoms with Crippen LogP contribution < -0.4 is 0 Å². The van der Waals surface area contributed by atoms with Crippen molar-refractivity contribution in [2.75, 3.05) is 6.61 Å². The monoisotopic (exact) mass is 328 g/mol. The van der Waals surface area contributed by atoms with Crippen molar-refractivity contribution in [3.8, 4) is 0 Å². The zero-order chi connectivity index (χ0) is 17.5. The summed E-state index contributed by atoms with van der Waals surface area (Å²) in [4.78, 5) is 24.3. The molecule has 0 atom stereocenters. The van der Waals surface area contributed by atoms with Gasteiger partial charge in [0.15, 0.2) is 0 Å². The van der Waals surface area contributed by atoms with Crippen LogP contribution in [-0.4, -0.2) is 23.7 Å². The van der Waals surface area contributed by atoms with E-state index in [2.05, 4.69) is 6.92 Å². The molecule has 0 aliphatic heterocycles. The number of carboxylic acid groups (broad SMARTS) is 1. The number of ether oxygens (including phenoxy) is 1. The summed E-state index contributed by atoms with van der Waals surface area (Å²) in [5.74, 6) is -1.45. The van der Waals surface area contributed by atoms with Crippen LogP contribution in [0.3, 0.4) is 0 Å². The molecule has 24 heavy (non-hydrogen) atoms. The van der Waals surface area contributed by atoms with Gasteiger partial charge in [-0.05, 0) is 36.3 Å². The first-order valence-corrected chi connectivity index (χ1v) is 8.55. The highest BCUT2D eigenvalue weighted by Crippen LogP contribution is 2.28. The molecule has 2 aromatic rings. The van der Waals surface area contributed by atoms with Gasteiger partial charge in [-0.1, -0.05) is 51.0 Å². The van der Waals surface area contributed by atoms with E-state index in [0.717, 1.165) is 43.1 Å². The molecular weight excluding hydrogens is 304 g/mol. The summed E-state index contributed by atoms with van der Waals surface area (Å²) in [5.41, 5.74) is 1.42. The van der Waals surface area contributed by atoms with E-state index in [-0.39, 0.29) is 5.56 Å². The van der Waals surface area contributed by atoms with E-state index in [1.165, 1.54) is 6.07 Å². The minimum atomic E-state index is -1.03. The molecule has 0 spiro atoms. The molecule has 0 aromatic heterocycles. The van der Waals surface area contributed by atoms with Crippen molar-refractivity contribution in [1.82, 2.24) is 0 Å². The lowest BCUT2D eigenvalue weighted by atomic mass is 9.92. The first-order chi connectivity index (χ1) is 11.6. The van der Waals surface area contributed by atoms with Crippen LogP contribution >= 0.6 is 0 Å². The first kappa shape index (κ1) is 18.0. The second-order valence-electron chi connectivity index (χ2n) is 5.90. The number of hydrogen-bond donors (Lipinski definition) is 1. The quantitative estimate of drug-likeness (QED) is 0.556. The van der Waals surface area contributed by atoms with Crippen LogP contribution in [-0.2, 0) is 11.2 Å². The minimum absolute atomic E-state index is 0.147. The molecule has 2 rings (SSSR count). The molecule has 0 aliphatic carbocycles. The van der Waals surface area contributed by atoms with Crippen molar-refractivity contribution in [2.45, 2.75) is 46.0 Å². The predicted molar refractivity (Wildman–Crippen MR) is 94.7 cm³/mol. The Hall–Kier alpha value is -2.36. The zero-order valence-corrected chi connectivity index (χ0v) is 14.3. The number of aromatic carboxylic acids is 1. The molecule has 0 unspecified atom stereocenters. The third-order valence-corrected chi connectivity index (χ3v) is 4.10. The van der Waals surface area contributed by atoms with E-state index in [1.807, 2.05) is 25.1 Å². The van der Waals surface area contributed by atoms with E-state index >= 15 is 0 Å². The number of fused-ring (bicyclic) bond motifs is 1. The fraction of sp³-hybridized carbons (Fsp3) is 0.400. The van der Waals surface area contributed by atoms with Gasteiger partial charge in [-0.15, -0.1) is 0 Å². The molecule has 2 aromatic carbocycles. The van der Waals surface area contributed by atoms with E-state index < -0.39 is 11.9 Å². The lowest BCUT2D eigenvalue weighted by Crippen LogP contribution is -2.12. The van der Waals surface area contributed by atoms with Crippen molar-refractivity contribution in [3.05, 3.63) is 47.0 Å². The number of aryl methyl sites for hydroxylation is 1. The van der Waals surface area contributed by atoms with Crippen LogP contribution in [0.4, 0.5) is 0 Å². The number of benzene rings is 2. The number of rotatable bonds is 8. The zero-order valence-electron chi connectivity index (χ0n) is 14.3. The molecule has 0 saturated heterocycles. The molecular formula is C20H24O4. The summed E-state index contributed by atoms with van der Waals surface area (Å²) in [5, 5.41) is 10.8. The number of carbonyl (C=O) groups excluding carboxylic acids is 1. The van der Waals surface area contributed by atoms with Gasteiger partial charge >= 0.3 is 11.9 Å². The van der Waals surface area contributed by atoms with E-state index in [0.29, 0.717) is 17.6 Å². The standard InChI is InChI=1S/C20H24O4/c1-3-5-8-15-12-11-14-9-7-10-16(19(21)22)17(14)18(15)20(23)24-13-6-4-2/h7,9-12H,3-6,8,13H2,1-2H3,(H,21,22). The Morgan fingerprint density at radius 1 is 1.04 bits per heavy atom. The Bertz CT molecular complexity index is 734. The number of unbranched alkanes of at least 4 members (excludes halogenated alkanes) is 2. The Morgan fingerprint density at radius 3 is 2.46 bits per heavy atom. The summed E-state index contributed by atoms with van der Waals surface area (Å²) in [6.45, 7) is 4.47. The van der Waals surface area contributed by atoms with E-state index in [1.54, 1.807) is 6.07 Å². The summed E-state index contributed by atoms with van der Waals surface area (Å²) >= 11 is 0. The Kier molecular flexibility index (Phi) is 6.36. The third kappa shape index (κ3) is 3.94. The van der Waals surface area contributed by atoms with Crippen LogP contribution in [0.1, 0.15) is 65.8 Å². The highest BCUT2D eigenvalue weighted by atomic mass is 16.5. The van der Waals surface area contributed by atoms with Gasteiger partial charge in [0.2, 0.25) is 0 Å². The molecule has 4 heteroatoms. The molecule has 0 bridgehead atoms. The Balaban J connectivity index is 2.59. The van der Waals surface area contributed by atoms with Crippen molar-refractivity contribution in [3.63, 3.8) is 0 Å². The van der Waals surface area contributed by atoms with Crippen LogP contribution in [0.5, 0.6) is 0 Å². The molecule has 0 radical (unpaired) electrons. The topological polar surface area (TPSA) is 63.6 Å². The fourth-order valence-electron chi connectivity index (χ4n) is 2.79. The molecule has 1 N–H and O–H groups in total. The summed E-state index contributed by atoms with van der Waals surface area (Å²) in [7, 11) is 0. The van der Waals surface area contributed by atoms with Gasteiger partial charge in [-0.2, -0.15) is 0 Å². The van der Waals surface area contributed by atoms with Gasteiger partial charge in [0.05, 0.1) is 17.7 Å². The third-order valence-electron chi connectivity index (χ3n) is 4.10. The van der Waals surface area contributed by atoms with Gasteiger partial charge in [-0.3, -0.25) is 0 Å². The predicted octanol–water partition coefficient (Wildman–Crippen LogP) is 4.84. The van der Waals surface area contributed by atoms with Gasteiger partial charge in [0.1, 0.15) is 0 Å². The van der Waals surface area contributed by atoms with Crippen LogP contribution in [0.25, 0.3) is 10.8 Å². The lowest BCUT2D eigenvalue weighted by Gasteiger charge is -2.14. The number of hydrogen-bond acceptors (Lipinski definition) is 3. The minimum Gasteiger partial charge on any atom is -0.478 e. The highest BCUT2D eigenvalue weighted by molar-refractivity contribution is 6.13. The smallest absolute Gasteiger partial charge is 0.339 e. The van der Waals surface area contributed by atoms with Crippen molar-refractivity contribution in [1.29, 1.82) is 0 Å². The number of carboxylic acids is 1. The molecule has 128 valence electrons. The SMILES string of the molecule is CCCCOC(=O)c1c(CCCC)ccc2cccc(C(=O)O)c12. The van der Waals surface area contributed by atoms with Crippen molar-refractivity contribution >= 4 is 22.7 Å². The normalized spacial score (nSPS) is 10.8.